The summed E-state index contributed by atoms with van der Waals surface area (Å²) in [6, 6.07) is 6.97. The summed E-state index contributed by atoms with van der Waals surface area (Å²) in [5.74, 6) is 0.998. The van der Waals surface area contributed by atoms with E-state index in [0.717, 1.165) is 36.8 Å². The summed E-state index contributed by atoms with van der Waals surface area (Å²) in [7, 11) is 0. The Balaban J connectivity index is 1.65. The molecule has 0 saturated heterocycles. The normalized spacial score (nSPS) is 20.2. The van der Waals surface area contributed by atoms with Crippen molar-refractivity contribution in [2.75, 3.05) is 6.54 Å². The molecule has 4 nitrogen and oxygen atoms in total. The maximum absolute atomic E-state index is 5.71. The highest BCUT2D eigenvalue weighted by Crippen LogP contribution is 2.25. The molecule has 7 heteroatoms. The molecule has 4 heterocycles. The number of hydrogen-bond acceptors (Lipinski definition) is 4. The van der Waals surface area contributed by atoms with E-state index in [2.05, 4.69) is 47.4 Å². The Morgan fingerprint density at radius 1 is 1.33 bits per heavy atom. The van der Waals surface area contributed by atoms with Crippen molar-refractivity contribution in [1.29, 1.82) is 0 Å². The quantitative estimate of drug-likeness (QED) is 0.706. The fraction of sp³-hybridized carbons (Fsp3) is 0.412. The standard InChI is InChI=1S/C17H20N4S3/c1-3-20-16(15-5-4-9-23-15)18-21(17(20)22)11-19-8-6-14-13(12(19)2)7-10-24-14/h4-5,7,9-10,12H,3,6,8,11H2,1-2H3/p+1/t12-/m1/s1. The second-order valence-corrected chi connectivity index (χ2v) is 8.48. The van der Waals surface area contributed by atoms with E-state index in [1.54, 1.807) is 16.2 Å². The van der Waals surface area contributed by atoms with E-state index < -0.39 is 0 Å². The van der Waals surface area contributed by atoms with Crippen LogP contribution in [0.15, 0.2) is 29.0 Å². The number of quaternary nitrogens is 1. The van der Waals surface area contributed by atoms with Crippen LogP contribution < -0.4 is 4.90 Å². The number of nitrogens with zero attached hydrogens (tertiary/aromatic N) is 3. The summed E-state index contributed by atoms with van der Waals surface area (Å²) in [5, 5.41) is 9.17. The van der Waals surface area contributed by atoms with Gasteiger partial charge in [0.05, 0.1) is 11.4 Å². The van der Waals surface area contributed by atoms with Crippen LogP contribution in [0.5, 0.6) is 0 Å². The molecule has 0 bridgehead atoms. The van der Waals surface area contributed by atoms with Crippen LogP contribution in [0.1, 0.15) is 30.3 Å². The molecule has 0 spiro atoms. The molecule has 4 rings (SSSR count). The molecule has 0 radical (unpaired) electrons. The van der Waals surface area contributed by atoms with Crippen molar-refractivity contribution in [3.8, 4) is 10.7 Å². The molecule has 3 aromatic heterocycles. The first-order chi connectivity index (χ1) is 11.7. The maximum atomic E-state index is 5.71. The summed E-state index contributed by atoms with van der Waals surface area (Å²) in [4.78, 5) is 4.27. The molecule has 24 heavy (non-hydrogen) atoms. The van der Waals surface area contributed by atoms with Gasteiger partial charge in [0.25, 0.3) is 0 Å². The summed E-state index contributed by atoms with van der Waals surface area (Å²) >= 11 is 9.32. The molecule has 1 aliphatic heterocycles. The van der Waals surface area contributed by atoms with Crippen LogP contribution >= 0.6 is 34.9 Å². The lowest BCUT2D eigenvalue weighted by Gasteiger charge is -2.30. The Kier molecular flexibility index (Phi) is 4.42. The summed E-state index contributed by atoms with van der Waals surface area (Å²) in [6.45, 7) is 7.28. The van der Waals surface area contributed by atoms with Gasteiger partial charge in [-0.15, -0.1) is 27.8 Å². The van der Waals surface area contributed by atoms with Gasteiger partial charge in [-0.1, -0.05) is 6.07 Å². The molecule has 1 unspecified atom stereocenters. The van der Waals surface area contributed by atoms with E-state index in [-0.39, 0.29) is 0 Å². The highest BCUT2D eigenvalue weighted by molar-refractivity contribution is 7.71. The minimum Gasteiger partial charge on any atom is -0.310 e. The third kappa shape index (κ3) is 2.69. The van der Waals surface area contributed by atoms with Gasteiger partial charge >= 0.3 is 0 Å². The van der Waals surface area contributed by atoms with Crippen molar-refractivity contribution in [2.24, 2.45) is 0 Å². The fourth-order valence-corrected chi connectivity index (χ4v) is 5.49. The third-order valence-electron chi connectivity index (χ3n) is 4.87. The first-order valence-corrected chi connectivity index (χ1v) is 10.5. The molecule has 3 aromatic rings. The number of nitrogens with one attached hydrogen (secondary N) is 1. The van der Waals surface area contributed by atoms with Gasteiger partial charge < -0.3 is 4.90 Å². The highest BCUT2D eigenvalue weighted by Gasteiger charge is 2.29. The Morgan fingerprint density at radius 3 is 2.96 bits per heavy atom. The Bertz CT molecular complexity index is 887. The van der Waals surface area contributed by atoms with Gasteiger partial charge in [-0.3, -0.25) is 4.57 Å². The van der Waals surface area contributed by atoms with Crippen molar-refractivity contribution in [2.45, 2.75) is 39.5 Å². The topological polar surface area (TPSA) is 27.2 Å². The first kappa shape index (κ1) is 16.2. The smallest absolute Gasteiger partial charge is 0.203 e. The molecule has 126 valence electrons. The van der Waals surface area contributed by atoms with E-state index >= 15 is 0 Å². The monoisotopic (exact) mass is 377 g/mol. The lowest BCUT2D eigenvalue weighted by atomic mass is 10.0. The summed E-state index contributed by atoms with van der Waals surface area (Å²) < 4.78 is 5.00. The first-order valence-electron chi connectivity index (χ1n) is 8.31. The lowest BCUT2D eigenvalue weighted by molar-refractivity contribution is -0.954. The predicted octanol–water partition coefficient (Wildman–Crippen LogP) is 3.38. The van der Waals surface area contributed by atoms with Gasteiger partial charge in [-0.25, -0.2) is 0 Å². The summed E-state index contributed by atoms with van der Waals surface area (Å²) in [6.07, 6.45) is 1.16. The van der Waals surface area contributed by atoms with Crippen molar-refractivity contribution < 1.29 is 4.90 Å². The highest BCUT2D eigenvalue weighted by atomic mass is 32.1. The Morgan fingerprint density at radius 2 is 2.21 bits per heavy atom. The molecule has 0 aromatic carbocycles. The maximum Gasteiger partial charge on any atom is 0.203 e. The zero-order valence-corrected chi connectivity index (χ0v) is 16.3. The van der Waals surface area contributed by atoms with Crippen LogP contribution in [0.4, 0.5) is 0 Å². The molecule has 0 fully saturated rings. The molecular weight excluding hydrogens is 356 g/mol. The number of fused-ring (bicyclic) bond motifs is 1. The van der Waals surface area contributed by atoms with E-state index in [1.807, 2.05) is 16.0 Å². The van der Waals surface area contributed by atoms with Gasteiger partial charge in [0.15, 0.2) is 12.5 Å². The van der Waals surface area contributed by atoms with Crippen LogP contribution in [0.3, 0.4) is 0 Å². The fourth-order valence-electron chi connectivity index (χ4n) is 3.48. The van der Waals surface area contributed by atoms with Gasteiger partial charge in [-0.05, 0) is 49.0 Å². The SMILES string of the molecule is CCn1c(-c2cccs2)nn(C[NH+]2CCc3sccc3[C@H]2C)c1=S. The molecule has 2 atom stereocenters. The third-order valence-corrected chi connectivity index (χ3v) is 7.16. The van der Waals surface area contributed by atoms with Crippen LogP contribution in [0.25, 0.3) is 10.7 Å². The molecule has 0 aliphatic carbocycles. The molecule has 0 saturated carbocycles. The van der Waals surface area contributed by atoms with Crippen molar-refractivity contribution in [3.63, 3.8) is 0 Å². The average Bonchev–Trinajstić information content (AvgIpc) is 3.31. The van der Waals surface area contributed by atoms with E-state index in [0.29, 0.717) is 6.04 Å². The number of rotatable bonds is 4. The van der Waals surface area contributed by atoms with Crippen LogP contribution in [-0.2, 0) is 19.6 Å². The second kappa shape index (κ2) is 6.55. The zero-order chi connectivity index (χ0) is 16.7. The molecule has 1 aliphatic rings. The van der Waals surface area contributed by atoms with E-state index in [9.17, 15) is 0 Å². The Labute approximate surface area is 155 Å². The average molecular weight is 378 g/mol. The second-order valence-electron chi connectivity index (χ2n) is 6.16. The molecule has 1 N–H and O–H groups in total. The minimum atomic E-state index is 0.499. The van der Waals surface area contributed by atoms with Gasteiger partial charge in [0, 0.05) is 23.4 Å². The van der Waals surface area contributed by atoms with Gasteiger partial charge in [0.2, 0.25) is 4.77 Å². The zero-order valence-electron chi connectivity index (χ0n) is 13.9. The van der Waals surface area contributed by atoms with Gasteiger partial charge in [0.1, 0.15) is 6.04 Å². The van der Waals surface area contributed by atoms with Crippen molar-refractivity contribution >= 4 is 34.9 Å². The number of thiophene rings is 2. The van der Waals surface area contributed by atoms with E-state index in [1.165, 1.54) is 15.3 Å². The minimum absolute atomic E-state index is 0.499. The number of aromatic nitrogens is 3. The largest absolute Gasteiger partial charge is 0.310 e. The van der Waals surface area contributed by atoms with Crippen molar-refractivity contribution in [1.82, 2.24) is 14.3 Å². The number of hydrogen-bond donors (Lipinski definition) is 1. The molecular formula is C17H21N4S3+. The lowest BCUT2D eigenvalue weighted by Crippen LogP contribution is -3.12. The Hall–Kier alpha value is -1.28. The van der Waals surface area contributed by atoms with Gasteiger partial charge in [-0.2, -0.15) is 4.68 Å². The van der Waals surface area contributed by atoms with E-state index in [4.69, 9.17) is 17.3 Å². The predicted molar refractivity (Wildman–Crippen MR) is 102 cm³/mol. The van der Waals surface area contributed by atoms with Crippen LogP contribution in [0, 0.1) is 4.77 Å². The molecule has 0 amide bonds. The van der Waals surface area contributed by atoms with Crippen LogP contribution in [-0.4, -0.2) is 20.9 Å². The van der Waals surface area contributed by atoms with Crippen molar-refractivity contribution in [3.05, 3.63) is 44.2 Å². The van der Waals surface area contributed by atoms with Crippen LogP contribution in [0.2, 0.25) is 0 Å². The summed E-state index contributed by atoms with van der Waals surface area (Å²) in [5.41, 5.74) is 1.50.